The molecule has 2 N–H and O–H groups in total. The summed E-state index contributed by atoms with van der Waals surface area (Å²) in [5.74, 6) is 1.53. The minimum Gasteiger partial charge on any atom is -0.374 e. The van der Waals surface area contributed by atoms with Crippen molar-refractivity contribution in [3.63, 3.8) is 0 Å². The molecule has 6 nitrogen and oxygen atoms in total. The minimum absolute atomic E-state index is 0. The Kier molecular flexibility index (Phi) is 10.4. The fourth-order valence-corrected chi connectivity index (χ4v) is 2.84. The van der Waals surface area contributed by atoms with Crippen molar-refractivity contribution >= 4 is 29.9 Å². The second-order valence-corrected chi connectivity index (χ2v) is 6.45. The zero-order chi connectivity index (χ0) is 16.5. The standard InChI is InChI=1S/C17H31N5O.HI/c1-15(2)13-22-10-11-23-16(14-22)12-20-17(18-3)19-6-9-21-7-4-5-8-21;/h4-5,7-8,15-16H,6,9-14H2,1-3H3,(H2,18,19,20);1H. The van der Waals surface area contributed by atoms with Crippen LogP contribution in [-0.4, -0.2) is 67.9 Å². The summed E-state index contributed by atoms with van der Waals surface area (Å²) in [6, 6.07) is 4.08. The average Bonchev–Trinajstić information content (AvgIpc) is 3.03. The fraction of sp³-hybridized carbons (Fsp3) is 0.706. The molecule has 0 radical (unpaired) electrons. The summed E-state index contributed by atoms with van der Waals surface area (Å²) in [4.78, 5) is 6.76. The molecule has 0 saturated carbocycles. The van der Waals surface area contributed by atoms with E-state index in [1.165, 1.54) is 0 Å². The van der Waals surface area contributed by atoms with Crippen LogP contribution in [0.25, 0.3) is 0 Å². The molecule has 0 aliphatic carbocycles. The van der Waals surface area contributed by atoms with Crippen molar-refractivity contribution in [3.05, 3.63) is 24.5 Å². The molecule has 1 aliphatic heterocycles. The zero-order valence-corrected chi connectivity index (χ0v) is 17.4. The molecule has 1 aliphatic rings. The Morgan fingerprint density at radius 2 is 2.04 bits per heavy atom. The van der Waals surface area contributed by atoms with Crippen LogP contribution in [0, 0.1) is 5.92 Å². The van der Waals surface area contributed by atoms with Gasteiger partial charge in [0.05, 0.1) is 12.7 Å². The van der Waals surface area contributed by atoms with Gasteiger partial charge in [0.1, 0.15) is 0 Å². The van der Waals surface area contributed by atoms with Crippen LogP contribution in [-0.2, 0) is 11.3 Å². The lowest BCUT2D eigenvalue weighted by molar-refractivity contribution is -0.0284. The van der Waals surface area contributed by atoms with Crippen LogP contribution in [0.15, 0.2) is 29.5 Å². The monoisotopic (exact) mass is 449 g/mol. The highest BCUT2D eigenvalue weighted by Crippen LogP contribution is 2.07. The van der Waals surface area contributed by atoms with E-state index in [0.717, 1.165) is 51.8 Å². The van der Waals surface area contributed by atoms with Gasteiger partial charge in [0.2, 0.25) is 0 Å². The predicted octanol–water partition coefficient (Wildman–Crippen LogP) is 1.63. The number of guanidine groups is 1. The van der Waals surface area contributed by atoms with E-state index >= 15 is 0 Å². The molecule has 1 atom stereocenters. The lowest BCUT2D eigenvalue weighted by Gasteiger charge is -2.34. The largest absolute Gasteiger partial charge is 0.374 e. The normalized spacial score (nSPS) is 19.2. The molecule has 0 bridgehead atoms. The van der Waals surface area contributed by atoms with E-state index in [9.17, 15) is 0 Å². The van der Waals surface area contributed by atoms with Gasteiger partial charge in [0.25, 0.3) is 0 Å². The number of halogens is 1. The van der Waals surface area contributed by atoms with Crippen molar-refractivity contribution in [2.24, 2.45) is 10.9 Å². The van der Waals surface area contributed by atoms with Gasteiger partial charge < -0.3 is 19.9 Å². The van der Waals surface area contributed by atoms with Gasteiger partial charge in [-0.25, -0.2) is 0 Å². The average molecular weight is 449 g/mol. The highest BCUT2D eigenvalue weighted by Gasteiger charge is 2.20. The smallest absolute Gasteiger partial charge is 0.191 e. The first-order valence-corrected chi connectivity index (χ1v) is 8.56. The Labute approximate surface area is 163 Å². The van der Waals surface area contributed by atoms with Gasteiger partial charge in [0, 0.05) is 58.7 Å². The lowest BCUT2D eigenvalue weighted by atomic mass is 10.2. The maximum atomic E-state index is 5.86. The van der Waals surface area contributed by atoms with Crippen LogP contribution < -0.4 is 10.6 Å². The van der Waals surface area contributed by atoms with E-state index in [-0.39, 0.29) is 30.1 Å². The van der Waals surface area contributed by atoms with Gasteiger partial charge in [-0.3, -0.25) is 9.89 Å². The number of hydrogen-bond acceptors (Lipinski definition) is 3. The van der Waals surface area contributed by atoms with Gasteiger partial charge in [0.15, 0.2) is 5.96 Å². The summed E-state index contributed by atoms with van der Waals surface area (Å²) in [5.41, 5.74) is 0. The summed E-state index contributed by atoms with van der Waals surface area (Å²) in [5, 5.41) is 6.71. The maximum Gasteiger partial charge on any atom is 0.191 e. The molecule has 1 aromatic heterocycles. The number of hydrogen-bond donors (Lipinski definition) is 2. The van der Waals surface area contributed by atoms with Crippen LogP contribution in [0.3, 0.4) is 0 Å². The van der Waals surface area contributed by atoms with Crippen molar-refractivity contribution in [2.45, 2.75) is 26.5 Å². The van der Waals surface area contributed by atoms with E-state index in [0.29, 0.717) is 5.92 Å². The van der Waals surface area contributed by atoms with Crippen LogP contribution >= 0.6 is 24.0 Å². The lowest BCUT2D eigenvalue weighted by Crippen LogP contribution is -2.50. The van der Waals surface area contributed by atoms with E-state index in [1.807, 2.05) is 12.1 Å². The van der Waals surface area contributed by atoms with E-state index < -0.39 is 0 Å². The summed E-state index contributed by atoms with van der Waals surface area (Å²) >= 11 is 0. The van der Waals surface area contributed by atoms with E-state index in [1.54, 1.807) is 7.05 Å². The molecule has 0 amide bonds. The third-order valence-corrected chi connectivity index (χ3v) is 3.90. The fourth-order valence-electron chi connectivity index (χ4n) is 2.84. The van der Waals surface area contributed by atoms with Crippen LogP contribution in [0.1, 0.15) is 13.8 Å². The zero-order valence-electron chi connectivity index (χ0n) is 15.1. The number of nitrogens with zero attached hydrogens (tertiary/aromatic N) is 3. The van der Waals surface area contributed by atoms with Crippen molar-refractivity contribution < 1.29 is 4.74 Å². The van der Waals surface area contributed by atoms with E-state index in [4.69, 9.17) is 4.74 Å². The molecule has 1 saturated heterocycles. The molecule has 0 aromatic carbocycles. The van der Waals surface area contributed by atoms with Crippen LogP contribution in [0.4, 0.5) is 0 Å². The molecule has 2 rings (SSSR count). The molecule has 2 heterocycles. The molecule has 1 fully saturated rings. The van der Waals surface area contributed by atoms with Crippen molar-refractivity contribution in [2.75, 3.05) is 46.4 Å². The van der Waals surface area contributed by atoms with Gasteiger partial charge in [-0.2, -0.15) is 0 Å². The van der Waals surface area contributed by atoms with Crippen LogP contribution in [0.2, 0.25) is 0 Å². The molecular formula is C17H32IN5O. The molecule has 138 valence electrons. The maximum absolute atomic E-state index is 5.86. The van der Waals surface area contributed by atoms with E-state index in [2.05, 4.69) is 51.3 Å². The summed E-state index contributed by atoms with van der Waals surface area (Å²) < 4.78 is 8.00. The molecule has 0 spiro atoms. The second-order valence-electron chi connectivity index (χ2n) is 6.45. The van der Waals surface area contributed by atoms with Crippen LogP contribution in [0.5, 0.6) is 0 Å². The van der Waals surface area contributed by atoms with Crippen molar-refractivity contribution in [1.82, 2.24) is 20.1 Å². The first-order chi connectivity index (χ1) is 11.2. The first-order valence-electron chi connectivity index (χ1n) is 8.56. The van der Waals surface area contributed by atoms with Gasteiger partial charge in [-0.05, 0) is 18.1 Å². The summed E-state index contributed by atoms with van der Waals surface area (Å²) in [6.45, 7) is 11.1. The summed E-state index contributed by atoms with van der Waals surface area (Å²) in [6.07, 6.45) is 4.36. The quantitative estimate of drug-likeness (QED) is 0.378. The first kappa shape index (κ1) is 21.2. The summed E-state index contributed by atoms with van der Waals surface area (Å²) in [7, 11) is 1.80. The highest BCUT2D eigenvalue weighted by atomic mass is 127. The molecule has 7 heteroatoms. The Morgan fingerprint density at radius 1 is 1.29 bits per heavy atom. The van der Waals surface area contributed by atoms with Crippen molar-refractivity contribution in [1.29, 1.82) is 0 Å². The number of aromatic nitrogens is 1. The molecule has 24 heavy (non-hydrogen) atoms. The third kappa shape index (κ3) is 7.85. The molecule has 1 unspecified atom stereocenters. The Hall–Kier alpha value is -0.800. The van der Waals surface area contributed by atoms with Gasteiger partial charge in [-0.15, -0.1) is 24.0 Å². The SMILES string of the molecule is CN=C(NCCn1cccc1)NCC1CN(CC(C)C)CCO1.I. The molecular weight excluding hydrogens is 417 g/mol. The minimum atomic E-state index is 0. The van der Waals surface area contributed by atoms with Gasteiger partial charge in [-0.1, -0.05) is 13.8 Å². The number of nitrogens with one attached hydrogen (secondary N) is 2. The highest BCUT2D eigenvalue weighted by molar-refractivity contribution is 14.0. The Morgan fingerprint density at radius 3 is 2.71 bits per heavy atom. The molecule has 1 aromatic rings. The number of morpholine rings is 1. The number of aliphatic imine (C=N–C) groups is 1. The Balaban J connectivity index is 0.00000288. The number of ether oxygens (including phenoxy) is 1. The predicted molar refractivity (Wildman–Crippen MR) is 110 cm³/mol. The topological polar surface area (TPSA) is 53.8 Å². The van der Waals surface area contributed by atoms with Crippen molar-refractivity contribution in [3.8, 4) is 0 Å². The second kappa shape index (κ2) is 11.7. The Bertz CT molecular complexity index is 464. The van der Waals surface area contributed by atoms with Gasteiger partial charge >= 0.3 is 0 Å². The number of rotatable bonds is 7. The third-order valence-electron chi connectivity index (χ3n) is 3.90.